The highest BCUT2D eigenvalue weighted by atomic mass is 16.5. The van der Waals surface area contributed by atoms with Gasteiger partial charge in [-0.15, -0.1) is 5.10 Å². The van der Waals surface area contributed by atoms with E-state index in [9.17, 15) is 0 Å². The van der Waals surface area contributed by atoms with Crippen molar-refractivity contribution in [1.29, 1.82) is 0 Å². The molecule has 0 saturated carbocycles. The smallest absolute Gasteiger partial charge is 0.295 e. The molecule has 0 radical (unpaired) electrons. The van der Waals surface area contributed by atoms with Crippen LogP contribution in [0.3, 0.4) is 0 Å². The van der Waals surface area contributed by atoms with E-state index >= 15 is 0 Å². The lowest BCUT2D eigenvalue weighted by Crippen LogP contribution is -2.03. The zero-order valence-corrected chi connectivity index (χ0v) is 9.67. The van der Waals surface area contributed by atoms with E-state index in [0.29, 0.717) is 11.6 Å². The fourth-order valence-electron chi connectivity index (χ4n) is 1.45. The number of nitrogens with one attached hydrogen (secondary N) is 1. The summed E-state index contributed by atoms with van der Waals surface area (Å²) in [6.45, 7) is 2.06. The van der Waals surface area contributed by atoms with E-state index in [2.05, 4.69) is 32.2 Å². The quantitative estimate of drug-likeness (QED) is 0.795. The van der Waals surface area contributed by atoms with Crippen molar-refractivity contribution >= 4 is 5.95 Å². The Balaban J connectivity index is 2.20. The van der Waals surface area contributed by atoms with Crippen LogP contribution in [0, 0.1) is 0 Å². The van der Waals surface area contributed by atoms with Crippen LogP contribution in [0.15, 0.2) is 4.52 Å². The van der Waals surface area contributed by atoms with E-state index in [-0.39, 0.29) is 17.9 Å². The summed E-state index contributed by atoms with van der Waals surface area (Å²) in [5, 5.41) is 10.1. The van der Waals surface area contributed by atoms with Crippen molar-refractivity contribution in [3.05, 3.63) is 5.82 Å². The lowest BCUT2D eigenvalue weighted by molar-refractivity contribution is 0.0854. The zero-order valence-electron chi connectivity index (χ0n) is 9.67. The molecular formula is C9H14N6O2. The van der Waals surface area contributed by atoms with Crippen molar-refractivity contribution in [2.24, 2.45) is 0 Å². The summed E-state index contributed by atoms with van der Waals surface area (Å²) >= 11 is 0. The predicted molar refractivity (Wildman–Crippen MR) is 58.7 cm³/mol. The van der Waals surface area contributed by atoms with Crippen molar-refractivity contribution in [3.63, 3.8) is 0 Å². The van der Waals surface area contributed by atoms with E-state index < -0.39 is 0 Å². The molecule has 0 aliphatic heterocycles. The minimum atomic E-state index is -0.169. The van der Waals surface area contributed by atoms with E-state index in [4.69, 9.17) is 15.0 Å². The second kappa shape index (κ2) is 4.91. The van der Waals surface area contributed by atoms with Gasteiger partial charge in [-0.2, -0.15) is 9.97 Å². The molecular weight excluding hydrogens is 224 g/mol. The number of nitrogens with two attached hydrogens (primary N) is 1. The van der Waals surface area contributed by atoms with Gasteiger partial charge in [0.25, 0.3) is 5.89 Å². The maximum atomic E-state index is 5.39. The van der Waals surface area contributed by atoms with Gasteiger partial charge in [-0.3, -0.25) is 5.10 Å². The highest BCUT2D eigenvalue weighted by Gasteiger charge is 2.19. The van der Waals surface area contributed by atoms with Crippen LogP contribution in [0.5, 0.6) is 0 Å². The van der Waals surface area contributed by atoms with Crippen molar-refractivity contribution in [2.75, 3.05) is 12.8 Å². The molecule has 2 rings (SSSR count). The number of nitrogens with zero attached hydrogens (tertiary/aromatic N) is 4. The molecule has 1 atom stereocenters. The Morgan fingerprint density at radius 3 is 2.88 bits per heavy atom. The predicted octanol–water partition coefficient (Wildman–Crippen LogP) is 0.925. The minimum Gasteiger partial charge on any atom is -0.373 e. The van der Waals surface area contributed by atoms with Gasteiger partial charge in [0, 0.05) is 7.11 Å². The molecule has 0 spiro atoms. The average molecular weight is 238 g/mol. The standard InChI is InChI=1S/C9H14N6O2/c1-3-4-5(16-2)6-11-8(17-15-6)7-12-9(10)14-13-7/h5H,3-4H2,1-2H3,(H3,10,12,13,14). The largest absolute Gasteiger partial charge is 0.373 e. The fraction of sp³-hybridized carbons (Fsp3) is 0.556. The summed E-state index contributed by atoms with van der Waals surface area (Å²) in [6.07, 6.45) is 1.63. The molecule has 0 fully saturated rings. The third-order valence-electron chi connectivity index (χ3n) is 2.27. The second-order valence-electron chi connectivity index (χ2n) is 3.51. The van der Waals surface area contributed by atoms with Crippen LogP contribution < -0.4 is 5.73 Å². The molecule has 2 heterocycles. The number of H-pyrrole nitrogens is 1. The van der Waals surface area contributed by atoms with Gasteiger partial charge in [-0.1, -0.05) is 18.5 Å². The van der Waals surface area contributed by atoms with Crippen LogP contribution in [0.4, 0.5) is 5.95 Å². The van der Waals surface area contributed by atoms with Crippen LogP contribution in [-0.4, -0.2) is 32.4 Å². The molecule has 1 unspecified atom stereocenters. The maximum Gasteiger partial charge on any atom is 0.295 e. The topological polar surface area (TPSA) is 116 Å². The molecule has 0 aromatic carbocycles. The van der Waals surface area contributed by atoms with Crippen LogP contribution in [0.1, 0.15) is 31.7 Å². The monoisotopic (exact) mass is 238 g/mol. The van der Waals surface area contributed by atoms with Crippen LogP contribution in [0.2, 0.25) is 0 Å². The molecule has 2 aromatic heterocycles. The van der Waals surface area contributed by atoms with Crippen LogP contribution in [-0.2, 0) is 4.74 Å². The summed E-state index contributed by atoms with van der Waals surface area (Å²) in [5.74, 6) is 1.24. The maximum absolute atomic E-state index is 5.39. The van der Waals surface area contributed by atoms with Gasteiger partial charge in [-0.25, -0.2) is 0 Å². The van der Waals surface area contributed by atoms with Gasteiger partial charge in [0.15, 0.2) is 0 Å². The lowest BCUT2D eigenvalue weighted by Gasteiger charge is -2.08. The normalized spacial score (nSPS) is 12.8. The Morgan fingerprint density at radius 2 is 2.29 bits per heavy atom. The zero-order chi connectivity index (χ0) is 12.3. The van der Waals surface area contributed by atoms with Crippen LogP contribution >= 0.6 is 0 Å². The Bertz CT molecular complexity index is 479. The first-order valence-electron chi connectivity index (χ1n) is 5.29. The van der Waals surface area contributed by atoms with Crippen molar-refractivity contribution < 1.29 is 9.26 Å². The summed E-state index contributed by atoms with van der Waals surface area (Å²) in [7, 11) is 1.61. The summed E-state index contributed by atoms with van der Waals surface area (Å²) in [4.78, 5) is 8.09. The second-order valence-corrected chi connectivity index (χ2v) is 3.51. The number of aromatic nitrogens is 5. The Hall–Kier alpha value is -1.96. The molecule has 17 heavy (non-hydrogen) atoms. The van der Waals surface area contributed by atoms with Gasteiger partial charge in [0.1, 0.15) is 6.10 Å². The third kappa shape index (κ3) is 2.41. The number of hydrogen-bond acceptors (Lipinski definition) is 7. The first kappa shape index (κ1) is 11.5. The van der Waals surface area contributed by atoms with Crippen molar-refractivity contribution in [1.82, 2.24) is 25.3 Å². The molecule has 0 aliphatic carbocycles. The lowest BCUT2D eigenvalue weighted by atomic mass is 10.2. The van der Waals surface area contributed by atoms with Gasteiger partial charge >= 0.3 is 0 Å². The highest BCUT2D eigenvalue weighted by Crippen LogP contribution is 2.21. The fourth-order valence-corrected chi connectivity index (χ4v) is 1.45. The minimum absolute atomic E-state index is 0.136. The number of hydrogen-bond donors (Lipinski definition) is 2. The molecule has 0 amide bonds. The summed E-state index contributed by atoms with van der Waals surface area (Å²) in [6, 6.07) is 0. The Kier molecular flexibility index (Phi) is 3.33. The number of anilines is 1. The number of aromatic amines is 1. The van der Waals surface area contributed by atoms with Gasteiger partial charge in [-0.05, 0) is 6.42 Å². The van der Waals surface area contributed by atoms with Gasteiger partial charge in [0.2, 0.25) is 17.6 Å². The molecule has 0 aliphatic rings. The average Bonchev–Trinajstić information content (AvgIpc) is 2.94. The van der Waals surface area contributed by atoms with E-state index in [0.717, 1.165) is 12.8 Å². The van der Waals surface area contributed by atoms with Crippen LogP contribution in [0.25, 0.3) is 11.7 Å². The number of methoxy groups -OCH3 is 1. The van der Waals surface area contributed by atoms with E-state index in [1.54, 1.807) is 7.11 Å². The Labute approximate surface area is 97.6 Å². The molecule has 2 aromatic rings. The van der Waals surface area contributed by atoms with Crippen molar-refractivity contribution in [2.45, 2.75) is 25.9 Å². The summed E-state index contributed by atoms with van der Waals surface area (Å²) < 4.78 is 10.3. The van der Waals surface area contributed by atoms with Gasteiger partial charge < -0.3 is 15.0 Å². The van der Waals surface area contributed by atoms with E-state index in [1.165, 1.54) is 0 Å². The molecule has 3 N–H and O–H groups in total. The van der Waals surface area contributed by atoms with Crippen molar-refractivity contribution in [3.8, 4) is 11.7 Å². The van der Waals surface area contributed by atoms with Gasteiger partial charge in [0.05, 0.1) is 0 Å². The first-order chi connectivity index (χ1) is 8.24. The number of nitrogen functional groups attached to an aromatic ring is 1. The summed E-state index contributed by atoms with van der Waals surface area (Å²) in [5.41, 5.74) is 5.39. The first-order valence-corrected chi connectivity index (χ1v) is 5.29. The Morgan fingerprint density at radius 1 is 1.47 bits per heavy atom. The highest BCUT2D eigenvalue weighted by molar-refractivity contribution is 5.41. The molecule has 92 valence electrons. The molecule has 0 saturated heterocycles. The third-order valence-corrected chi connectivity index (χ3v) is 2.27. The molecule has 0 bridgehead atoms. The molecule has 8 heteroatoms. The number of rotatable bonds is 5. The SMILES string of the molecule is CCCC(OC)c1noc(-c2nc(N)n[nH]2)n1. The van der Waals surface area contributed by atoms with E-state index in [1.807, 2.05) is 0 Å². The molecule has 8 nitrogen and oxygen atoms in total. The number of ether oxygens (including phenoxy) is 1.